The summed E-state index contributed by atoms with van der Waals surface area (Å²) >= 11 is 0. The molecule has 12 heteroatoms. The number of benzene rings is 1. The van der Waals surface area contributed by atoms with E-state index >= 15 is 0 Å². The molecule has 0 atom stereocenters. The molecule has 0 saturated heterocycles. The fraction of sp³-hybridized carbons (Fsp3) is 0.483. The topological polar surface area (TPSA) is 142 Å². The number of imide groups is 1. The monoisotopic (exact) mass is 568 g/mol. The van der Waals surface area contributed by atoms with Crippen LogP contribution in [-0.4, -0.2) is 67.6 Å². The molecule has 0 fully saturated rings. The summed E-state index contributed by atoms with van der Waals surface area (Å²) in [7, 11) is 0. The van der Waals surface area contributed by atoms with Crippen LogP contribution in [0.4, 0.5) is 25.9 Å². The van der Waals surface area contributed by atoms with Gasteiger partial charge in [-0.2, -0.15) is 4.98 Å². The Labute approximate surface area is 240 Å². The van der Waals surface area contributed by atoms with Gasteiger partial charge >= 0.3 is 18.3 Å². The average Bonchev–Trinajstić information content (AvgIpc) is 3.21. The molecule has 2 heterocycles. The minimum Gasteiger partial charge on any atom is -0.447 e. The van der Waals surface area contributed by atoms with Crippen LogP contribution < -0.4 is 10.6 Å². The Balaban J connectivity index is 1.82. The molecule has 0 saturated carbocycles. The Morgan fingerprint density at radius 1 is 0.878 bits per heavy atom. The number of nitrogen functional groups attached to an aromatic ring is 1. The molecule has 41 heavy (non-hydrogen) atoms. The third-order valence-corrected chi connectivity index (χ3v) is 5.41. The van der Waals surface area contributed by atoms with Crippen LogP contribution >= 0.6 is 0 Å². The van der Waals surface area contributed by atoms with Crippen LogP contribution in [0.25, 0.3) is 16.9 Å². The lowest BCUT2D eigenvalue weighted by Gasteiger charge is -2.34. The number of hydrogen-bond donors (Lipinski definition) is 1. The smallest absolute Gasteiger partial charge is 0.419 e. The number of rotatable bonds is 5. The quantitative estimate of drug-likeness (QED) is 0.293. The maximum Gasteiger partial charge on any atom is 0.419 e. The SMILES string of the molecule is CC(C)(C)OC(=O)N(CCOC(=O)N(c1ccnc(-n2ccc3cc(N)ccc32)n1)C(C)(C)C)C(=O)OC(C)(C)C. The molecule has 3 aromatic rings. The molecule has 3 amide bonds. The first kappa shape index (κ1) is 31.2. The minimum atomic E-state index is -0.906. The predicted molar refractivity (Wildman–Crippen MR) is 156 cm³/mol. The highest BCUT2D eigenvalue weighted by Crippen LogP contribution is 2.26. The van der Waals surface area contributed by atoms with E-state index in [1.54, 1.807) is 64.4 Å². The molecular formula is C29H40N6O6. The molecular weight excluding hydrogens is 528 g/mol. The fourth-order valence-electron chi connectivity index (χ4n) is 3.81. The van der Waals surface area contributed by atoms with E-state index in [0.717, 1.165) is 15.8 Å². The first-order chi connectivity index (χ1) is 18.9. The lowest BCUT2D eigenvalue weighted by atomic mass is 10.1. The third kappa shape index (κ3) is 8.32. The number of carbonyl (C=O) groups is 3. The maximum absolute atomic E-state index is 13.4. The van der Waals surface area contributed by atoms with Crippen LogP contribution in [0.1, 0.15) is 62.3 Å². The second kappa shape index (κ2) is 11.6. The lowest BCUT2D eigenvalue weighted by molar-refractivity contribution is -0.00212. The number of nitrogens with two attached hydrogens (primary N) is 1. The van der Waals surface area contributed by atoms with Crippen molar-refractivity contribution in [3.8, 4) is 5.95 Å². The zero-order valence-corrected chi connectivity index (χ0v) is 25.2. The number of amides is 3. The summed E-state index contributed by atoms with van der Waals surface area (Å²) in [6.45, 7) is 15.0. The summed E-state index contributed by atoms with van der Waals surface area (Å²) in [5.74, 6) is 0.659. The Kier molecular flexibility index (Phi) is 8.85. The molecule has 0 radical (unpaired) electrons. The number of aromatic nitrogens is 3. The highest BCUT2D eigenvalue weighted by molar-refractivity contribution is 5.89. The second-order valence-corrected chi connectivity index (χ2v) is 12.5. The number of nitrogens with zero attached hydrogens (tertiary/aromatic N) is 5. The number of hydrogen-bond acceptors (Lipinski definition) is 9. The van der Waals surface area contributed by atoms with Crippen LogP contribution in [0.2, 0.25) is 0 Å². The van der Waals surface area contributed by atoms with E-state index < -0.39 is 35.0 Å². The van der Waals surface area contributed by atoms with Gasteiger partial charge in [-0.3, -0.25) is 9.47 Å². The fourth-order valence-corrected chi connectivity index (χ4v) is 3.81. The van der Waals surface area contributed by atoms with E-state index in [0.29, 0.717) is 17.5 Å². The molecule has 0 aliphatic rings. The van der Waals surface area contributed by atoms with Crippen molar-refractivity contribution in [1.82, 2.24) is 19.4 Å². The Morgan fingerprint density at radius 2 is 1.49 bits per heavy atom. The number of fused-ring (bicyclic) bond motifs is 1. The Bertz CT molecular complexity index is 1390. The van der Waals surface area contributed by atoms with Gasteiger partial charge in [-0.25, -0.2) is 24.3 Å². The van der Waals surface area contributed by atoms with Crippen LogP contribution in [0.3, 0.4) is 0 Å². The largest absolute Gasteiger partial charge is 0.447 e. The minimum absolute atomic E-state index is 0.277. The van der Waals surface area contributed by atoms with Crippen LogP contribution in [0, 0.1) is 0 Å². The van der Waals surface area contributed by atoms with Gasteiger partial charge in [-0.05, 0) is 92.6 Å². The number of carbonyl (C=O) groups excluding carboxylic acids is 3. The summed E-state index contributed by atoms with van der Waals surface area (Å²) in [4.78, 5) is 50.1. The Hall–Kier alpha value is -4.35. The van der Waals surface area contributed by atoms with E-state index in [1.807, 2.05) is 45.2 Å². The summed E-state index contributed by atoms with van der Waals surface area (Å²) in [6, 6.07) is 9.02. The van der Waals surface area contributed by atoms with Gasteiger partial charge in [0, 0.05) is 29.0 Å². The van der Waals surface area contributed by atoms with Gasteiger partial charge in [0.25, 0.3) is 0 Å². The van der Waals surface area contributed by atoms with E-state index in [4.69, 9.17) is 19.9 Å². The molecule has 0 unspecified atom stereocenters. The van der Waals surface area contributed by atoms with Gasteiger partial charge in [0.05, 0.1) is 12.1 Å². The number of anilines is 2. The van der Waals surface area contributed by atoms with Gasteiger partial charge in [-0.1, -0.05) is 0 Å². The number of ether oxygens (including phenoxy) is 3. The van der Waals surface area contributed by atoms with Crippen LogP contribution in [0.5, 0.6) is 0 Å². The summed E-state index contributed by atoms with van der Waals surface area (Å²) < 4.78 is 18.1. The van der Waals surface area contributed by atoms with Crippen molar-refractivity contribution in [2.24, 2.45) is 0 Å². The van der Waals surface area contributed by atoms with Crippen molar-refractivity contribution in [2.45, 2.75) is 79.1 Å². The van der Waals surface area contributed by atoms with Crippen LogP contribution in [0.15, 0.2) is 42.7 Å². The summed E-state index contributed by atoms with van der Waals surface area (Å²) in [5, 5.41) is 0.922. The van der Waals surface area contributed by atoms with Crippen LogP contribution in [-0.2, 0) is 14.2 Å². The van der Waals surface area contributed by atoms with Crippen molar-refractivity contribution in [1.29, 1.82) is 0 Å². The Morgan fingerprint density at radius 3 is 2.05 bits per heavy atom. The van der Waals surface area contributed by atoms with Crippen molar-refractivity contribution < 1.29 is 28.6 Å². The molecule has 0 aliphatic carbocycles. The molecule has 0 spiro atoms. The zero-order valence-electron chi connectivity index (χ0n) is 25.2. The van der Waals surface area contributed by atoms with Crippen molar-refractivity contribution in [3.05, 3.63) is 42.7 Å². The lowest BCUT2D eigenvalue weighted by Crippen LogP contribution is -2.48. The van der Waals surface area contributed by atoms with Crippen molar-refractivity contribution in [2.75, 3.05) is 23.8 Å². The summed E-state index contributed by atoms with van der Waals surface area (Å²) in [6.07, 6.45) is 0.846. The molecule has 3 rings (SSSR count). The molecule has 222 valence electrons. The predicted octanol–water partition coefficient (Wildman–Crippen LogP) is 5.92. The van der Waals surface area contributed by atoms with Gasteiger partial charge in [0.1, 0.15) is 23.6 Å². The van der Waals surface area contributed by atoms with Crippen molar-refractivity contribution >= 4 is 40.7 Å². The van der Waals surface area contributed by atoms with E-state index in [-0.39, 0.29) is 13.2 Å². The molecule has 2 N–H and O–H groups in total. The highest BCUT2D eigenvalue weighted by atomic mass is 16.6. The zero-order chi connectivity index (χ0) is 30.8. The van der Waals surface area contributed by atoms with Gasteiger partial charge < -0.3 is 19.9 Å². The molecule has 12 nitrogen and oxygen atoms in total. The standard InChI is InChI=1S/C29H40N6O6/c1-27(2,3)35(22-12-14-31-23(32-22)33-15-13-19-18-20(30)10-11-21(19)33)26(38)39-17-16-34(24(36)40-28(4,5)6)25(37)41-29(7,8)9/h10-15,18H,16-17,30H2,1-9H3. The van der Waals surface area contributed by atoms with Gasteiger partial charge in [0.15, 0.2) is 0 Å². The molecule has 0 aliphatic heterocycles. The molecule has 0 bridgehead atoms. The molecule has 2 aromatic heterocycles. The molecule has 1 aromatic carbocycles. The van der Waals surface area contributed by atoms with E-state index in [9.17, 15) is 14.4 Å². The second-order valence-electron chi connectivity index (χ2n) is 12.5. The first-order valence-electron chi connectivity index (χ1n) is 13.3. The normalized spacial score (nSPS) is 12.1. The van der Waals surface area contributed by atoms with Gasteiger partial charge in [0.2, 0.25) is 5.95 Å². The van der Waals surface area contributed by atoms with E-state index in [2.05, 4.69) is 9.97 Å². The maximum atomic E-state index is 13.4. The van der Waals surface area contributed by atoms with E-state index in [1.165, 1.54) is 4.90 Å². The first-order valence-corrected chi connectivity index (χ1v) is 13.3. The average molecular weight is 569 g/mol. The third-order valence-electron chi connectivity index (χ3n) is 5.41. The van der Waals surface area contributed by atoms with Crippen molar-refractivity contribution in [3.63, 3.8) is 0 Å². The summed E-state index contributed by atoms with van der Waals surface area (Å²) in [5.41, 5.74) is 4.96. The van der Waals surface area contributed by atoms with Gasteiger partial charge in [-0.15, -0.1) is 0 Å². The highest BCUT2D eigenvalue weighted by Gasteiger charge is 2.34.